The molecule has 0 saturated heterocycles. The smallest absolute Gasteiger partial charge is 0.311 e. The van der Waals surface area contributed by atoms with Gasteiger partial charge in [0.05, 0.1) is 12.5 Å². The van der Waals surface area contributed by atoms with Crippen LogP contribution in [0.25, 0.3) is 0 Å². The third-order valence-electron chi connectivity index (χ3n) is 3.60. The van der Waals surface area contributed by atoms with E-state index in [0.717, 1.165) is 36.3 Å². The Labute approximate surface area is 107 Å². The van der Waals surface area contributed by atoms with Crippen molar-refractivity contribution >= 4 is 11.7 Å². The van der Waals surface area contributed by atoms with Crippen molar-refractivity contribution in [2.45, 2.75) is 26.2 Å². The molecule has 1 aromatic rings. The Bertz CT molecular complexity index is 452. The predicted octanol–water partition coefficient (Wildman–Crippen LogP) is 2.53. The molecule has 0 spiro atoms. The Morgan fingerprint density at radius 3 is 2.72 bits per heavy atom. The third-order valence-corrected chi connectivity index (χ3v) is 3.60. The number of hydrogen-bond donors (Lipinski definition) is 2. The van der Waals surface area contributed by atoms with E-state index in [9.17, 15) is 4.79 Å². The summed E-state index contributed by atoms with van der Waals surface area (Å²) in [6, 6.07) is 5.87. The van der Waals surface area contributed by atoms with E-state index in [1.54, 1.807) is 7.11 Å². The monoisotopic (exact) mass is 249 g/mol. The molecule has 4 heteroatoms. The van der Waals surface area contributed by atoms with Crippen LogP contribution in [0.1, 0.15) is 25.3 Å². The van der Waals surface area contributed by atoms with Gasteiger partial charge in [-0.25, -0.2) is 0 Å². The first-order valence-electron chi connectivity index (χ1n) is 6.25. The zero-order valence-electron chi connectivity index (χ0n) is 10.8. The van der Waals surface area contributed by atoms with Gasteiger partial charge in [-0.05, 0) is 43.0 Å². The molecule has 0 heterocycles. The average Bonchev–Trinajstić information content (AvgIpc) is 3.17. The van der Waals surface area contributed by atoms with Crippen molar-refractivity contribution in [3.05, 3.63) is 23.8 Å². The number of carbonyl (C=O) groups is 1. The van der Waals surface area contributed by atoms with Gasteiger partial charge in [-0.15, -0.1) is 0 Å². The molecule has 1 aliphatic rings. The van der Waals surface area contributed by atoms with E-state index < -0.39 is 11.4 Å². The molecule has 0 bridgehead atoms. The highest BCUT2D eigenvalue weighted by atomic mass is 16.5. The zero-order chi connectivity index (χ0) is 13.2. The standard InChI is InChI=1S/C14H19NO3/c1-3-10-8-11(4-5-12(10)18-2)15-9-14(6-7-14)13(16)17/h4-5,8,15H,3,6-7,9H2,1-2H3,(H,16,17). The lowest BCUT2D eigenvalue weighted by Gasteiger charge is -2.14. The number of benzene rings is 1. The van der Waals surface area contributed by atoms with Crippen molar-refractivity contribution in [3.8, 4) is 5.75 Å². The fourth-order valence-corrected chi connectivity index (χ4v) is 2.05. The largest absolute Gasteiger partial charge is 0.496 e. The summed E-state index contributed by atoms with van der Waals surface area (Å²) in [4.78, 5) is 11.1. The van der Waals surface area contributed by atoms with Crippen molar-refractivity contribution in [1.82, 2.24) is 0 Å². The first-order valence-corrected chi connectivity index (χ1v) is 6.25. The normalized spacial score (nSPS) is 16.1. The van der Waals surface area contributed by atoms with E-state index in [4.69, 9.17) is 9.84 Å². The Balaban J connectivity index is 2.04. The van der Waals surface area contributed by atoms with E-state index >= 15 is 0 Å². The number of methoxy groups -OCH3 is 1. The van der Waals surface area contributed by atoms with Gasteiger partial charge >= 0.3 is 5.97 Å². The molecular weight excluding hydrogens is 230 g/mol. The highest BCUT2D eigenvalue weighted by Gasteiger charge is 2.49. The molecule has 0 radical (unpaired) electrons. The van der Waals surface area contributed by atoms with Gasteiger partial charge in [0.25, 0.3) is 0 Å². The van der Waals surface area contributed by atoms with Crippen molar-refractivity contribution in [2.75, 3.05) is 19.0 Å². The van der Waals surface area contributed by atoms with Gasteiger partial charge in [0, 0.05) is 12.2 Å². The molecule has 1 aliphatic carbocycles. The van der Waals surface area contributed by atoms with Crippen molar-refractivity contribution < 1.29 is 14.6 Å². The highest BCUT2D eigenvalue weighted by molar-refractivity contribution is 5.78. The summed E-state index contributed by atoms with van der Waals surface area (Å²) in [5.41, 5.74) is 1.55. The molecule has 2 rings (SSSR count). The van der Waals surface area contributed by atoms with Gasteiger partial charge in [0.2, 0.25) is 0 Å². The van der Waals surface area contributed by atoms with Crippen LogP contribution in [0.4, 0.5) is 5.69 Å². The number of anilines is 1. The number of hydrogen-bond acceptors (Lipinski definition) is 3. The fourth-order valence-electron chi connectivity index (χ4n) is 2.05. The van der Waals surface area contributed by atoms with Crippen LogP contribution in [0.2, 0.25) is 0 Å². The summed E-state index contributed by atoms with van der Waals surface area (Å²) in [6.45, 7) is 2.57. The van der Waals surface area contributed by atoms with E-state index in [2.05, 4.69) is 12.2 Å². The number of carboxylic acid groups (broad SMARTS) is 1. The molecule has 4 nitrogen and oxygen atoms in total. The average molecular weight is 249 g/mol. The fraction of sp³-hybridized carbons (Fsp3) is 0.500. The molecule has 0 amide bonds. The molecule has 0 aliphatic heterocycles. The molecule has 98 valence electrons. The van der Waals surface area contributed by atoms with Crippen LogP contribution in [0, 0.1) is 5.41 Å². The molecule has 0 unspecified atom stereocenters. The topological polar surface area (TPSA) is 58.6 Å². The highest BCUT2D eigenvalue weighted by Crippen LogP contribution is 2.45. The second kappa shape index (κ2) is 4.88. The Morgan fingerprint density at radius 1 is 1.50 bits per heavy atom. The second-order valence-electron chi connectivity index (χ2n) is 4.82. The molecule has 0 aromatic heterocycles. The summed E-state index contributed by atoms with van der Waals surface area (Å²) >= 11 is 0. The number of aliphatic carboxylic acids is 1. The molecule has 2 N–H and O–H groups in total. The second-order valence-corrected chi connectivity index (χ2v) is 4.82. The minimum absolute atomic E-state index is 0.498. The maximum absolute atomic E-state index is 11.1. The van der Waals surface area contributed by atoms with Gasteiger partial charge in [-0.2, -0.15) is 0 Å². The number of nitrogens with one attached hydrogen (secondary N) is 1. The lowest BCUT2D eigenvalue weighted by atomic mass is 10.1. The minimum atomic E-state index is -0.695. The number of aryl methyl sites for hydroxylation is 1. The molecule has 18 heavy (non-hydrogen) atoms. The third kappa shape index (κ3) is 2.42. The predicted molar refractivity (Wildman–Crippen MR) is 70.2 cm³/mol. The van der Waals surface area contributed by atoms with Crippen molar-refractivity contribution in [3.63, 3.8) is 0 Å². The minimum Gasteiger partial charge on any atom is -0.496 e. The van der Waals surface area contributed by atoms with Gasteiger partial charge in [0.15, 0.2) is 0 Å². The van der Waals surface area contributed by atoms with Crippen LogP contribution in [0.5, 0.6) is 5.75 Å². The Kier molecular flexibility index (Phi) is 3.45. The van der Waals surface area contributed by atoms with Crippen LogP contribution in [0.15, 0.2) is 18.2 Å². The van der Waals surface area contributed by atoms with Gasteiger partial charge in [-0.1, -0.05) is 6.92 Å². The van der Waals surface area contributed by atoms with E-state index in [-0.39, 0.29) is 0 Å². The Hall–Kier alpha value is -1.71. The van der Waals surface area contributed by atoms with Crippen molar-refractivity contribution in [2.24, 2.45) is 5.41 Å². The lowest BCUT2D eigenvalue weighted by molar-refractivity contribution is -0.142. The van der Waals surface area contributed by atoms with Crippen LogP contribution >= 0.6 is 0 Å². The van der Waals surface area contributed by atoms with Crippen LogP contribution in [-0.2, 0) is 11.2 Å². The van der Waals surface area contributed by atoms with Crippen molar-refractivity contribution in [1.29, 1.82) is 0 Å². The maximum Gasteiger partial charge on any atom is 0.311 e. The Morgan fingerprint density at radius 2 is 2.22 bits per heavy atom. The molecule has 1 aromatic carbocycles. The first-order chi connectivity index (χ1) is 8.61. The number of rotatable bonds is 6. The van der Waals surface area contributed by atoms with Crippen LogP contribution in [0.3, 0.4) is 0 Å². The maximum atomic E-state index is 11.1. The quantitative estimate of drug-likeness (QED) is 0.813. The van der Waals surface area contributed by atoms with E-state index in [1.807, 2.05) is 18.2 Å². The molecular formula is C14H19NO3. The number of carboxylic acids is 1. The molecule has 1 saturated carbocycles. The summed E-state index contributed by atoms with van der Waals surface area (Å²) in [5, 5.41) is 12.3. The van der Waals surface area contributed by atoms with Crippen LogP contribution in [-0.4, -0.2) is 24.7 Å². The van der Waals surface area contributed by atoms with E-state index in [1.165, 1.54) is 0 Å². The van der Waals surface area contributed by atoms with Gasteiger partial charge < -0.3 is 15.2 Å². The summed E-state index contributed by atoms with van der Waals surface area (Å²) in [7, 11) is 1.66. The SMILES string of the molecule is CCc1cc(NCC2(C(=O)O)CC2)ccc1OC. The zero-order valence-corrected chi connectivity index (χ0v) is 10.8. The summed E-state index contributed by atoms with van der Waals surface area (Å²) in [5.74, 6) is 0.182. The molecule has 1 fully saturated rings. The van der Waals surface area contributed by atoms with Gasteiger partial charge in [-0.3, -0.25) is 4.79 Å². The summed E-state index contributed by atoms with van der Waals surface area (Å²) in [6.07, 6.45) is 2.43. The lowest BCUT2D eigenvalue weighted by Crippen LogP contribution is -2.24. The first kappa shape index (κ1) is 12.7. The molecule has 0 atom stereocenters. The van der Waals surface area contributed by atoms with Gasteiger partial charge in [0.1, 0.15) is 5.75 Å². The van der Waals surface area contributed by atoms with E-state index in [0.29, 0.717) is 6.54 Å². The van der Waals surface area contributed by atoms with Crippen LogP contribution < -0.4 is 10.1 Å². The summed E-state index contributed by atoms with van der Waals surface area (Å²) < 4.78 is 5.27. The number of ether oxygens (including phenoxy) is 1.